The summed E-state index contributed by atoms with van der Waals surface area (Å²) in [4.78, 5) is 13.3. The van der Waals surface area contributed by atoms with Gasteiger partial charge in [0.1, 0.15) is 12.4 Å². The van der Waals surface area contributed by atoms with Crippen LogP contribution in [0.1, 0.15) is 6.92 Å². The first-order chi connectivity index (χ1) is 11.4. The lowest BCUT2D eigenvalue weighted by atomic mass is 10.2. The molecule has 0 aliphatic carbocycles. The maximum Gasteiger partial charge on any atom is 0.262 e. The molecule has 3 rings (SSSR count). The molecule has 0 spiro atoms. The van der Waals surface area contributed by atoms with Gasteiger partial charge in [-0.25, -0.2) is 8.42 Å². The Labute approximate surface area is 148 Å². The van der Waals surface area contributed by atoms with Crippen molar-refractivity contribution in [3.8, 4) is 5.75 Å². The van der Waals surface area contributed by atoms with E-state index in [1.807, 2.05) is 0 Å². The minimum atomic E-state index is -3.77. The first-order valence-electron chi connectivity index (χ1n) is 7.21. The lowest BCUT2D eigenvalue weighted by Gasteiger charge is -2.28. The normalized spacial score (nSPS) is 13.8. The Kier molecular flexibility index (Phi) is 4.51. The monoisotopic (exact) mass is 410 g/mol. The van der Waals surface area contributed by atoms with Crippen molar-refractivity contribution in [2.45, 2.75) is 11.8 Å². The number of para-hydroxylation sites is 1. The van der Waals surface area contributed by atoms with Crippen LogP contribution in [0.25, 0.3) is 0 Å². The molecule has 0 aromatic heterocycles. The number of halogens is 1. The van der Waals surface area contributed by atoms with Crippen LogP contribution in [0.3, 0.4) is 0 Å². The van der Waals surface area contributed by atoms with Crippen LogP contribution in [0.15, 0.2) is 51.8 Å². The number of fused-ring (bicyclic) bond motifs is 1. The van der Waals surface area contributed by atoms with E-state index in [9.17, 15) is 13.2 Å². The van der Waals surface area contributed by atoms with E-state index in [1.54, 1.807) is 35.2 Å². The standard InChI is InChI=1S/C16H15BrN2O4S/c1-11(20)19-8-9-23-16-10-12(6-7-15(16)19)24(21,22)18-14-5-3-2-4-13(14)17/h2-7,10,18H,8-9H2,1H3. The summed E-state index contributed by atoms with van der Waals surface area (Å²) in [7, 11) is -3.77. The Bertz CT molecular complexity index is 899. The number of rotatable bonds is 3. The molecule has 0 radical (unpaired) electrons. The summed E-state index contributed by atoms with van der Waals surface area (Å²) in [6, 6.07) is 11.4. The Morgan fingerprint density at radius 2 is 2.00 bits per heavy atom. The number of amides is 1. The molecule has 1 N–H and O–H groups in total. The molecule has 0 saturated carbocycles. The van der Waals surface area contributed by atoms with Crippen molar-refractivity contribution in [1.29, 1.82) is 0 Å². The smallest absolute Gasteiger partial charge is 0.262 e. The Balaban J connectivity index is 1.95. The minimum absolute atomic E-state index is 0.0717. The molecule has 1 aliphatic heterocycles. The number of anilines is 2. The van der Waals surface area contributed by atoms with Gasteiger partial charge < -0.3 is 9.64 Å². The fourth-order valence-electron chi connectivity index (χ4n) is 2.44. The summed E-state index contributed by atoms with van der Waals surface area (Å²) in [5.74, 6) is 0.271. The molecule has 0 bridgehead atoms. The molecule has 2 aromatic rings. The van der Waals surface area contributed by atoms with Crippen LogP contribution < -0.4 is 14.4 Å². The molecule has 1 amide bonds. The van der Waals surface area contributed by atoms with Crippen LogP contribution in [-0.4, -0.2) is 27.5 Å². The van der Waals surface area contributed by atoms with E-state index in [-0.39, 0.29) is 10.8 Å². The van der Waals surface area contributed by atoms with E-state index in [0.29, 0.717) is 34.7 Å². The van der Waals surface area contributed by atoms with Gasteiger partial charge >= 0.3 is 0 Å². The molecule has 126 valence electrons. The van der Waals surface area contributed by atoms with Crippen molar-refractivity contribution >= 4 is 43.2 Å². The van der Waals surface area contributed by atoms with E-state index in [0.717, 1.165) is 0 Å². The summed E-state index contributed by atoms with van der Waals surface area (Å²) >= 11 is 3.31. The molecule has 0 saturated heterocycles. The zero-order valence-corrected chi connectivity index (χ0v) is 15.2. The SMILES string of the molecule is CC(=O)N1CCOc2cc(S(=O)(=O)Nc3ccccc3Br)ccc21. The molecule has 0 atom stereocenters. The van der Waals surface area contributed by atoms with Gasteiger partial charge in [0, 0.05) is 17.5 Å². The molecular formula is C16H15BrN2O4S. The Morgan fingerprint density at radius 1 is 1.25 bits per heavy atom. The van der Waals surface area contributed by atoms with Gasteiger partial charge in [0.2, 0.25) is 5.91 Å². The first kappa shape index (κ1) is 16.8. The predicted molar refractivity (Wildman–Crippen MR) is 94.9 cm³/mol. The van der Waals surface area contributed by atoms with Gasteiger partial charge in [0.05, 0.1) is 22.8 Å². The molecular weight excluding hydrogens is 396 g/mol. The van der Waals surface area contributed by atoms with Crippen molar-refractivity contribution in [3.05, 3.63) is 46.9 Å². The second-order valence-corrected chi connectivity index (χ2v) is 7.77. The van der Waals surface area contributed by atoms with Gasteiger partial charge in [-0.1, -0.05) is 12.1 Å². The third kappa shape index (κ3) is 3.25. The lowest BCUT2D eigenvalue weighted by Crippen LogP contribution is -2.36. The van der Waals surface area contributed by atoms with Crippen molar-refractivity contribution < 1.29 is 17.9 Å². The number of carbonyl (C=O) groups excluding carboxylic acids is 1. The van der Waals surface area contributed by atoms with Crippen LogP contribution >= 0.6 is 15.9 Å². The summed E-state index contributed by atoms with van der Waals surface area (Å²) in [6.07, 6.45) is 0. The van der Waals surface area contributed by atoms with Gasteiger partial charge in [-0.05, 0) is 40.2 Å². The van der Waals surface area contributed by atoms with Crippen LogP contribution in [0.4, 0.5) is 11.4 Å². The number of hydrogen-bond donors (Lipinski definition) is 1. The van der Waals surface area contributed by atoms with Crippen molar-refractivity contribution in [2.24, 2.45) is 0 Å². The van der Waals surface area contributed by atoms with Crippen molar-refractivity contribution in [2.75, 3.05) is 22.8 Å². The lowest BCUT2D eigenvalue weighted by molar-refractivity contribution is -0.116. The highest BCUT2D eigenvalue weighted by Gasteiger charge is 2.24. The second-order valence-electron chi connectivity index (χ2n) is 5.23. The minimum Gasteiger partial charge on any atom is -0.489 e. The van der Waals surface area contributed by atoms with Crippen molar-refractivity contribution in [3.63, 3.8) is 0 Å². The Morgan fingerprint density at radius 3 is 2.71 bits per heavy atom. The number of ether oxygens (including phenoxy) is 1. The Hall–Kier alpha value is -2.06. The zero-order valence-electron chi connectivity index (χ0n) is 12.8. The summed E-state index contributed by atoms with van der Waals surface area (Å²) < 4.78 is 33.9. The maximum atomic E-state index is 12.6. The van der Waals surface area contributed by atoms with E-state index >= 15 is 0 Å². The zero-order chi connectivity index (χ0) is 17.3. The summed E-state index contributed by atoms with van der Waals surface area (Å²) in [5.41, 5.74) is 1.02. The van der Waals surface area contributed by atoms with E-state index in [2.05, 4.69) is 20.7 Å². The maximum absolute atomic E-state index is 12.6. The average Bonchev–Trinajstić information content (AvgIpc) is 2.55. The van der Waals surface area contributed by atoms with Crippen LogP contribution in [0.2, 0.25) is 0 Å². The number of benzene rings is 2. The van der Waals surface area contributed by atoms with Crippen molar-refractivity contribution in [1.82, 2.24) is 0 Å². The summed E-state index contributed by atoms with van der Waals surface area (Å²) in [6.45, 7) is 2.24. The summed E-state index contributed by atoms with van der Waals surface area (Å²) in [5, 5.41) is 0. The fraction of sp³-hybridized carbons (Fsp3) is 0.188. The number of nitrogens with zero attached hydrogens (tertiary/aromatic N) is 1. The predicted octanol–water partition coefficient (Wildman–Crippen LogP) is 3.00. The third-order valence-corrected chi connectivity index (χ3v) is 5.66. The van der Waals surface area contributed by atoms with E-state index in [1.165, 1.54) is 19.1 Å². The second kappa shape index (κ2) is 6.45. The largest absolute Gasteiger partial charge is 0.489 e. The van der Waals surface area contributed by atoms with Crippen LogP contribution in [-0.2, 0) is 14.8 Å². The number of carbonyl (C=O) groups is 1. The fourth-order valence-corrected chi connectivity index (χ4v) is 4.05. The van der Waals surface area contributed by atoms with E-state index < -0.39 is 10.0 Å². The highest BCUT2D eigenvalue weighted by atomic mass is 79.9. The molecule has 24 heavy (non-hydrogen) atoms. The number of nitrogens with one attached hydrogen (secondary N) is 1. The highest BCUT2D eigenvalue weighted by Crippen LogP contribution is 2.34. The third-order valence-electron chi connectivity index (χ3n) is 3.60. The topological polar surface area (TPSA) is 75.7 Å². The number of hydrogen-bond acceptors (Lipinski definition) is 4. The molecule has 2 aromatic carbocycles. The highest BCUT2D eigenvalue weighted by molar-refractivity contribution is 9.10. The van der Waals surface area contributed by atoms with Gasteiger partial charge in [-0.15, -0.1) is 0 Å². The molecule has 8 heteroatoms. The van der Waals surface area contributed by atoms with Gasteiger partial charge in [0.25, 0.3) is 10.0 Å². The van der Waals surface area contributed by atoms with Gasteiger partial charge in [-0.3, -0.25) is 9.52 Å². The molecule has 0 unspecified atom stereocenters. The number of sulfonamides is 1. The van der Waals surface area contributed by atoms with Crippen LogP contribution in [0, 0.1) is 0 Å². The van der Waals surface area contributed by atoms with E-state index in [4.69, 9.17) is 4.74 Å². The molecule has 1 heterocycles. The van der Waals surface area contributed by atoms with Gasteiger partial charge in [-0.2, -0.15) is 0 Å². The quantitative estimate of drug-likeness (QED) is 0.843. The average molecular weight is 411 g/mol. The molecule has 0 fully saturated rings. The van der Waals surface area contributed by atoms with Crippen LogP contribution in [0.5, 0.6) is 5.75 Å². The first-order valence-corrected chi connectivity index (χ1v) is 9.48. The molecule has 6 nitrogen and oxygen atoms in total. The van der Waals surface area contributed by atoms with Gasteiger partial charge in [0.15, 0.2) is 0 Å². The molecule has 1 aliphatic rings.